The third-order valence-corrected chi connectivity index (χ3v) is 2.73. The van der Waals surface area contributed by atoms with Gasteiger partial charge in [-0.25, -0.2) is 0 Å². The third-order valence-electron chi connectivity index (χ3n) is 2.73. The molecule has 1 heterocycles. The molecule has 1 saturated heterocycles. The number of hydrogen-bond donors (Lipinski definition) is 1. The van der Waals surface area contributed by atoms with Crippen molar-refractivity contribution in [2.45, 2.75) is 64.1 Å². The molecule has 0 bridgehead atoms. The SMILES string of the molecule is CC1(O)CC(C)(C)N([O])C(C)(C)C1. The molecule has 0 atom stereocenters. The first-order valence-electron chi connectivity index (χ1n) is 4.77. The molecular weight excluding hydrogens is 166 g/mol. The molecule has 0 unspecified atom stereocenters. The molecule has 0 aromatic carbocycles. The number of hydrogen-bond acceptors (Lipinski definition) is 2. The van der Waals surface area contributed by atoms with Gasteiger partial charge in [0.1, 0.15) is 0 Å². The van der Waals surface area contributed by atoms with Crippen molar-refractivity contribution in [2.24, 2.45) is 0 Å². The first kappa shape index (κ1) is 11.0. The van der Waals surface area contributed by atoms with Crippen molar-refractivity contribution in [2.75, 3.05) is 0 Å². The van der Waals surface area contributed by atoms with Crippen LogP contribution in [-0.2, 0) is 5.21 Å². The standard InChI is InChI=1S/C10H20NO2/c1-8(2)6-10(5,12)7-9(3,4)11(8)13/h12H,6-7H2,1-5H3. The minimum Gasteiger partial charge on any atom is -0.390 e. The van der Waals surface area contributed by atoms with Crippen LogP contribution >= 0.6 is 0 Å². The van der Waals surface area contributed by atoms with Crippen molar-refractivity contribution in [3.05, 3.63) is 0 Å². The van der Waals surface area contributed by atoms with Crippen molar-refractivity contribution >= 4 is 0 Å². The summed E-state index contributed by atoms with van der Waals surface area (Å²) in [5.74, 6) is 0. The zero-order chi connectivity index (χ0) is 10.5. The van der Waals surface area contributed by atoms with Crippen LogP contribution in [0.3, 0.4) is 0 Å². The van der Waals surface area contributed by atoms with Crippen LogP contribution in [0.25, 0.3) is 0 Å². The van der Waals surface area contributed by atoms with Gasteiger partial charge in [0.05, 0.1) is 5.60 Å². The molecule has 1 rings (SSSR count). The smallest absolute Gasteiger partial charge is 0.0656 e. The Bertz CT molecular complexity index is 189. The van der Waals surface area contributed by atoms with E-state index in [0.717, 1.165) is 5.06 Å². The van der Waals surface area contributed by atoms with Crippen LogP contribution in [0.5, 0.6) is 0 Å². The van der Waals surface area contributed by atoms with Gasteiger partial charge in [-0.05, 0) is 47.5 Å². The maximum Gasteiger partial charge on any atom is 0.0656 e. The Balaban J connectivity index is 2.96. The molecule has 0 aliphatic carbocycles. The summed E-state index contributed by atoms with van der Waals surface area (Å²) in [6.45, 7) is 9.35. The van der Waals surface area contributed by atoms with Gasteiger partial charge in [0.15, 0.2) is 0 Å². The number of nitrogens with zero attached hydrogens (tertiary/aromatic N) is 1. The maximum atomic E-state index is 11.9. The molecule has 1 aliphatic heterocycles. The van der Waals surface area contributed by atoms with Crippen LogP contribution in [0.2, 0.25) is 0 Å². The van der Waals surface area contributed by atoms with Crippen LogP contribution in [0.4, 0.5) is 0 Å². The van der Waals surface area contributed by atoms with E-state index in [4.69, 9.17) is 0 Å². The molecule has 0 aromatic heterocycles. The number of rotatable bonds is 0. The van der Waals surface area contributed by atoms with E-state index >= 15 is 0 Å². The molecule has 0 amide bonds. The fourth-order valence-corrected chi connectivity index (χ4v) is 2.89. The zero-order valence-corrected chi connectivity index (χ0v) is 9.22. The molecule has 1 radical (unpaired) electrons. The van der Waals surface area contributed by atoms with Gasteiger partial charge in [-0.3, -0.25) is 0 Å². The third kappa shape index (κ3) is 2.03. The zero-order valence-electron chi connectivity index (χ0n) is 9.22. The summed E-state index contributed by atoms with van der Waals surface area (Å²) < 4.78 is 0. The second-order valence-corrected chi connectivity index (χ2v) is 5.77. The van der Waals surface area contributed by atoms with E-state index in [9.17, 15) is 10.3 Å². The molecule has 3 heteroatoms. The van der Waals surface area contributed by atoms with Gasteiger partial charge in [-0.1, -0.05) is 0 Å². The minimum absolute atomic E-state index is 0.467. The molecule has 1 N–H and O–H groups in total. The molecule has 0 aromatic rings. The molecule has 1 aliphatic rings. The summed E-state index contributed by atoms with van der Waals surface area (Å²) in [7, 11) is 0. The lowest BCUT2D eigenvalue weighted by Gasteiger charge is -2.52. The summed E-state index contributed by atoms with van der Waals surface area (Å²) in [6.07, 6.45) is 1.07. The van der Waals surface area contributed by atoms with E-state index in [0.29, 0.717) is 12.8 Å². The Labute approximate surface area is 80.3 Å². The number of hydroxylamine groups is 2. The highest BCUT2D eigenvalue weighted by atomic mass is 16.5. The predicted octanol–water partition coefficient (Wildman–Crippen LogP) is 1.74. The lowest BCUT2D eigenvalue weighted by molar-refractivity contribution is -0.309. The van der Waals surface area contributed by atoms with Crippen molar-refractivity contribution in [3.8, 4) is 0 Å². The van der Waals surface area contributed by atoms with Gasteiger partial charge in [-0.2, -0.15) is 0 Å². The monoisotopic (exact) mass is 186 g/mol. The Morgan fingerprint density at radius 3 is 1.62 bits per heavy atom. The van der Waals surface area contributed by atoms with Gasteiger partial charge in [-0.15, -0.1) is 10.3 Å². The van der Waals surface area contributed by atoms with Crippen molar-refractivity contribution in [1.82, 2.24) is 5.06 Å². The van der Waals surface area contributed by atoms with Crippen LogP contribution < -0.4 is 0 Å². The van der Waals surface area contributed by atoms with E-state index in [1.807, 2.05) is 34.6 Å². The van der Waals surface area contributed by atoms with Crippen molar-refractivity contribution < 1.29 is 10.3 Å². The Morgan fingerprint density at radius 1 is 1.00 bits per heavy atom. The summed E-state index contributed by atoms with van der Waals surface area (Å²) >= 11 is 0. The Morgan fingerprint density at radius 2 is 1.31 bits per heavy atom. The van der Waals surface area contributed by atoms with Crippen LogP contribution in [-0.4, -0.2) is 26.8 Å². The van der Waals surface area contributed by atoms with Gasteiger partial charge in [0.2, 0.25) is 0 Å². The van der Waals surface area contributed by atoms with Crippen molar-refractivity contribution in [1.29, 1.82) is 0 Å². The lowest BCUT2D eigenvalue weighted by atomic mass is 9.73. The normalized spacial score (nSPS) is 31.6. The first-order chi connectivity index (χ1) is 5.57. The fourth-order valence-electron chi connectivity index (χ4n) is 2.89. The molecule has 0 spiro atoms. The summed E-state index contributed by atoms with van der Waals surface area (Å²) in [5.41, 5.74) is -1.65. The number of piperidine rings is 1. The Kier molecular flexibility index (Phi) is 2.26. The van der Waals surface area contributed by atoms with Crippen molar-refractivity contribution in [3.63, 3.8) is 0 Å². The quantitative estimate of drug-likeness (QED) is 0.626. The van der Waals surface area contributed by atoms with Gasteiger partial charge < -0.3 is 5.11 Å². The highest BCUT2D eigenvalue weighted by molar-refractivity contribution is 5.01. The molecule has 0 saturated carbocycles. The topological polar surface area (TPSA) is 43.4 Å². The highest BCUT2D eigenvalue weighted by Crippen LogP contribution is 2.41. The second-order valence-electron chi connectivity index (χ2n) is 5.77. The van der Waals surface area contributed by atoms with Crippen LogP contribution in [0.15, 0.2) is 0 Å². The summed E-state index contributed by atoms with van der Waals surface area (Å²) in [5, 5.41) is 23.0. The lowest BCUT2D eigenvalue weighted by Crippen LogP contribution is -2.62. The van der Waals surface area contributed by atoms with Gasteiger partial charge >= 0.3 is 0 Å². The van der Waals surface area contributed by atoms with E-state index in [2.05, 4.69) is 0 Å². The highest BCUT2D eigenvalue weighted by Gasteiger charge is 2.50. The predicted molar refractivity (Wildman–Crippen MR) is 50.5 cm³/mol. The molecule has 13 heavy (non-hydrogen) atoms. The Hall–Kier alpha value is -0.120. The largest absolute Gasteiger partial charge is 0.390 e. The fraction of sp³-hybridized carbons (Fsp3) is 1.00. The number of aliphatic hydroxyl groups is 1. The molecular formula is C10H20NO2. The first-order valence-corrected chi connectivity index (χ1v) is 4.77. The van der Waals surface area contributed by atoms with Crippen LogP contribution in [0, 0.1) is 0 Å². The maximum absolute atomic E-state index is 11.9. The van der Waals surface area contributed by atoms with Gasteiger partial charge in [0, 0.05) is 11.1 Å². The molecule has 1 fully saturated rings. The summed E-state index contributed by atoms with van der Waals surface area (Å²) in [4.78, 5) is 0. The molecule has 3 nitrogen and oxygen atoms in total. The summed E-state index contributed by atoms with van der Waals surface area (Å²) in [6, 6.07) is 0. The van der Waals surface area contributed by atoms with E-state index < -0.39 is 16.7 Å². The van der Waals surface area contributed by atoms with E-state index in [-0.39, 0.29) is 0 Å². The molecule has 77 valence electrons. The average molecular weight is 186 g/mol. The van der Waals surface area contributed by atoms with E-state index in [1.165, 1.54) is 0 Å². The average Bonchev–Trinajstić information content (AvgIpc) is 1.77. The van der Waals surface area contributed by atoms with E-state index in [1.54, 1.807) is 0 Å². The minimum atomic E-state index is -0.714. The van der Waals surface area contributed by atoms with Gasteiger partial charge in [0.25, 0.3) is 0 Å². The second kappa shape index (κ2) is 2.69. The van der Waals surface area contributed by atoms with Crippen LogP contribution in [0.1, 0.15) is 47.5 Å².